The topological polar surface area (TPSA) is 72.6 Å². The Morgan fingerprint density at radius 1 is 1.26 bits per heavy atom. The number of esters is 1. The van der Waals surface area contributed by atoms with Crippen LogP contribution in [0.15, 0.2) is 18.2 Å². The monoisotopic (exact) mass is 264 g/mol. The molecule has 2 N–H and O–H groups in total. The number of nitrogens with zero attached hydrogens (tertiary/aromatic N) is 1. The second kappa shape index (κ2) is 6.78. The number of amides is 1. The summed E-state index contributed by atoms with van der Waals surface area (Å²) in [6.45, 7) is 6.47. The lowest BCUT2D eigenvalue weighted by Gasteiger charge is -2.18. The summed E-state index contributed by atoms with van der Waals surface area (Å²) in [5.74, 6) is -0.717. The number of benzene rings is 1. The quantitative estimate of drug-likeness (QED) is 0.647. The Bertz CT molecular complexity index is 468. The molecule has 5 nitrogen and oxygen atoms in total. The fraction of sp³-hybridized carbons (Fsp3) is 0.429. The zero-order chi connectivity index (χ0) is 14.4. The third-order valence-corrected chi connectivity index (χ3v) is 3.04. The van der Waals surface area contributed by atoms with E-state index in [0.717, 1.165) is 0 Å². The predicted molar refractivity (Wildman–Crippen MR) is 73.8 cm³/mol. The lowest BCUT2D eigenvalue weighted by molar-refractivity contribution is -0.134. The van der Waals surface area contributed by atoms with Gasteiger partial charge in [0.15, 0.2) is 6.61 Å². The Morgan fingerprint density at radius 2 is 1.89 bits per heavy atom. The number of nitrogen functional groups attached to an aromatic ring is 1. The van der Waals surface area contributed by atoms with Gasteiger partial charge in [-0.3, -0.25) is 4.79 Å². The fourth-order valence-electron chi connectivity index (χ4n) is 1.75. The van der Waals surface area contributed by atoms with Crippen molar-refractivity contribution in [2.75, 3.05) is 25.4 Å². The van der Waals surface area contributed by atoms with Crippen molar-refractivity contribution in [2.24, 2.45) is 0 Å². The van der Waals surface area contributed by atoms with Crippen LogP contribution in [-0.4, -0.2) is 36.5 Å². The van der Waals surface area contributed by atoms with Crippen LogP contribution in [0.1, 0.15) is 29.8 Å². The van der Waals surface area contributed by atoms with Crippen LogP contribution < -0.4 is 5.73 Å². The smallest absolute Gasteiger partial charge is 0.338 e. The average Bonchev–Trinajstić information content (AvgIpc) is 2.40. The summed E-state index contributed by atoms with van der Waals surface area (Å²) in [5, 5.41) is 0. The Morgan fingerprint density at radius 3 is 2.47 bits per heavy atom. The second-order valence-corrected chi connectivity index (χ2v) is 4.16. The third-order valence-electron chi connectivity index (χ3n) is 3.04. The van der Waals surface area contributed by atoms with Gasteiger partial charge in [-0.15, -0.1) is 0 Å². The molecule has 5 heteroatoms. The van der Waals surface area contributed by atoms with E-state index in [1.807, 2.05) is 13.8 Å². The minimum atomic E-state index is -0.523. The molecule has 1 rings (SSSR count). The van der Waals surface area contributed by atoms with E-state index in [2.05, 4.69) is 0 Å². The molecule has 0 unspecified atom stereocenters. The number of rotatable bonds is 5. The van der Waals surface area contributed by atoms with Gasteiger partial charge >= 0.3 is 5.97 Å². The molecule has 1 aromatic rings. The van der Waals surface area contributed by atoms with Gasteiger partial charge in [-0.05, 0) is 38.5 Å². The number of nitrogens with two attached hydrogens (primary N) is 1. The highest BCUT2D eigenvalue weighted by molar-refractivity contribution is 5.94. The molecule has 0 bridgehead atoms. The van der Waals surface area contributed by atoms with E-state index in [-0.39, 0.29) is 12.5 Å². The van der Waals surface area contributed by atoms with Gasteiger partial charge in [0.25, 0.3) is 5.91 Å². The van der Waals surface area contributed by atoms with Crippen molar-refractivity contribution in [3.63, 3.8) is 0 Å². The SMILES string of the molecule is CCN(CC)C(=O)COC(=O)c1cccc(N)c1C. The Kier molecular flexibility index (Phi) is 5.36. The predicted octanol–water partition coefficient (Wildman–Crippen LogP) is 1.60. The molecular weight excluding hydrogens is 244 g/mol. The van der Waals surface area contributed by atoms with Gasteiger partial charge in [-0.25, -0.2) is 4.79 Å². The molecule has 0 atom stereocenters. The standard InChI is InChI=1S/C14H20N2O3/c1-4-16(5-2)13(17)9-19-14(18)11-7-6-8-12(15)10(11)3/h6-8H,4-5,9,15H2,1-3H3. The molecule has 0 fully saturated rings. The van der Waals surface area contributed by atoms with E-state index < -0.39 is 5.97 Å². The number of hydrogen-bond acceptors (Lipinski definition) is 4. The van der Waals surface area contributed by atoms with Crippen LogP contribution in [0.5, 0.6) is 0 Å². The van der Waals surface area contributed by atoms with Crippen molar-refractivity contribution in [2.45, 2.75) is 20.8 Å². The van der Waals surface area contributed by atoms with Gasteiger partial charge in [0.1, 0.15) is 0 Å². The summed E-state index contributed by atoms with van der Waals surface area (Å²) >= 11 is 0. The molecule has 0 aliphatic heterocycles. The maximum atomic E-state index is 11.9. The minimum absolute atomic E-state index is 0.195. The molecule has 0 spiro atoms. The lowest BCUT2D eigenvalue weighted by Crippen LogP contribution is -2.34. The van der Waals surface area contributed by atoms with Gasteiger partial charge in [0.05, 0.1) is 5.56 Å². The largest absolute Gasteiger partial charge is 0.452 e. The highest BCUT2D eigenvalue weighted by Gasteiger charge is 2.16. The van der Waals surface area contributed by atoms with Crippen molar-refractivity contribution in [3.05, 3.63) is 29.3 Å². The summed E-state index contributed by atoms with van der Waals surface area (Å²) in [7, 11) is 0. The Labute approximate surface area is 113 Å². The number of hydrogen-bond donors (Lipinski definition) is 1. The molecule has 1 aromatic carbocycles. The van der Waals surface area contributed by atoms with Gasteiger partial charge in [0, 0.05) is 18.8 Å². The van der Waals surface area contributed by atoms with E-state index in [0.29, 0.717) is 29.9 Å². The maximum Gasteiger partial charge on any atom is 0.338 e. The average molecular weight is 264 g/mol. The van der Waals surface area contributed by atoms with E-state index in [9.17, 15) is 9.59 Å². The van der Waals surface area contributed by atoms with Gasteiger partial charge in [0.2, 0.25) is 0 Å². The molecule has 19 heavy (non-hydrogen) atoms. The van der Waals surface area contributed by atoms with Crippen LogP contribution in [0.25, 0.3) is 0 Å². The molecule has 0 aliphatic carbocycles. The first-order chi connectivity index (χ1) is 9.01. The van der Waals surface area contributed by atoms with Crippen LogP contribution in [-0.2, 0) is 9.53 Å². The summed E-state index contributed by atoms with van der Waals surface area (Å²) in [5.41, 5.74) is 7.32. The van der Waals surface area contributed by atoms with E-state index in [1.54, 1.807) is 30.0 Å². The van der Waals surface area contributed by atoms with Gasteiger partial charge in [-0.1, -0.05) is 6.07 Å². The van der Waals surface area contributed by atoms with Crippen molar-refractivity contribution in [1.82, 2.24) is 4.90 Å². The van der Waals surface area contributed by atoms with Crippen LogP contribution in [0.4, 0.5) is 5.69 Å². The highest BCUT2D eigenvalue weighted by atomic mass is 16.5. The molecule has 0 saturated heterocycles. The summed E-state index contributed by atoms with van der Waals surface area (Å²) in [6, 6.07) is 5.04. The second-order valence-electron chi connectivity index (χ2n) is 4.16. The minimum Gasteiger partial charge on any atom is -0.452 e. The summed E-state index contributed by atoms with van der Waals surface area (Å²) in [4.78, 5) is 25.2. The summed E-state index contributed by atoms with van der Waals surface area (Å²) in [6.07, 6.45) is 0. The van der Waals surface area contributed by atoms with Gasteiger partial charge < -0.3 is 15.4 Å². The molecule has 0 heterocycles. The van der Waals surface area contributed by atoms with E-state index >= 15 is 0 Å². The molecule has 104 valence electrons. The molecular formula is C14H20N2O3. The molecule has 0 saturated carbocycles. The van der Waals surface area contributed by atoms with E-state index in [1.165, 1.54) is 0 Å². The van der Waals surface area contributed by atoms with Crippen LogP contribution in [0.3, 0.4) is 0 Å². The molecule has 0 aromatic heterocycles. The maximum absolute atomic E-state index is 11.9. The van der Waals surface area contributed by atoms with Gasteiger partial charge in [-0.2, -0.15) is 0 Å². The zero-order valence-electron chi connectivity index (χ0n) is 11.6. The number of likely N-dealkylation sites (N-methyl/N-ethyl adjacent to an activating group) is 1. The molecule has 0 radical (unpaired) electrons. The first-order valence-electron chi connectivity index (χ1n) is 6.31. The number of anilines is 1. The van der Waals surface area contributed by atoms with E-state index in [4.69, 9.17) is 10.5 Å². The van der Waals surface area contributed by atoms with Crippen molar-refractivity contribution < 1.29 is 14.3 Å². The highest BCUT2D eigenvalue weighted by Crippen LogP contribution is 2.16. The normalized spacial score (nSPS) is 10.1. The number of carbonyl (C=O) groups excluding carboxylic acids is 2. The first kappa shape index (κ1) is 15.0. The van der Waals surface area contributed by atoms with Crippen molar-refractivity contribution in [1.29, 1.82) is 0 Å². The number of carbonyl (C=O) groups is 2. The molecule has 1 amide bonds. The molecule has 0 aliphatic rings. The third kappa shape index (κ3) is 3.71. The summed E-state index contributed by atoms with van der Waals surface area (Å²) < 4.78 is 5.02. The first-order valence-corrected chi connectivity index (χ1v) is 6.31. The fourth-order valence-corrected chi connectivity index (χ4v) is 1.75. The van der Waals surface area contributed by atoms with Crippen molar-refractivity contribution in [3.8, 4) is 0 Å². The van der Waals surface area contributed by atoms with Crippen LogP contribution >= 0.6 is 0 Å². The van der Waals surface area contributed by atoms with Crippen LogP contribution in [0, 0.1) is 6.92 Å². The Balaban J connectivity index is 2.66. The van der Waals surface area contributed by atoms with Crippen molar-refractivity contribution >= 4 is 17.6 Å². The zero-order valence-corrected chi connectivity index (χ0v) is 11.6. The number of ether oxygens (including phenoxy) is 1. The lowest BCUT2D eigenvalue weighted by atomic mass is 10.1. The Hall–Kier alpha value is -2.04. The van der Waals surface area contributed by atoms with Crippen LogP contribution in [0.2, 0.25) is 0 Å².